The van der Waals surface area contributed by atoms with Gasteiger partial charge in [0, 0.05) is 12.1 Å². The zero-order valence-corrected chi connectivity index (χ0v) is 16.2. The van der Waals surface area contributed by atoms with E-state index in [1.165, 1.54) is 17.0 Å². The van der Waals surface area contributed by atoms with Crippen LogP contribution in [0.5, 0.6) is 5.75 Å². The van der Waals surface area contributed by atoms with Gasteiger partial charge in [-0.05, 0) is 31.0 Å². The zero-order valence-electron chi connectivity index (χ0n) is 16.2. The summed E-state index contributed by atoms with van der Waals surface area (Å²) in [6, 6.07) is 12.9. The summed E-state index contributed by atoms with van der Waals surface area (Å²) in [6.45, 7) is 4.42. The Morgan fingerprint density at radius 3 is 2.43 bits per heavy atom. The van der Waals surface area contributed by atoms with Crippen molar-refractivity contribution in [1.82, 2.24) is 4.90 Å². The van der Waals surface area contributed by atoms with Crippen molar-refractivity contribution in [2.24, 2.45) is 0 Å². The minimum atomic E-state index is -0.717. The lowest BCUT2D eigenvalue weighted by atomic mass is 9.95. The van der Waals surface area contributed by atoms with Gasteiger partial charge in [-0.2, -0.15) is 0 Å². The van der Waals surface area contributed by atoms with Gasteiger partial charge >= 0.3 is 0 Å². The molecule has 0 radical (unpaired) electrons. The molecule has 0 saturated carbocycles. The van der Waals surface area contributed by atoms with E-state index in [0.717, 1.165) is 24.8 Å². The number of hydrogen-bond acceptors (Lipinski definition) is 4. The number of phenols is 1. The molecule has 2 N–H and O–H groups in total. The molecule has 1 saturated heterocycles. The number of hydrogen-bond donors (Lipinski definition) is 2. The first-order valence-corrected chi connectivity index (χ1v) is 9.58. The second-order valence-corrected chi connectivity index (χ2v) is 7.16. The summed E-state index contributed by atoms with van der Waals surface area (Å²) in [5.41, 5.74) is 2.18. The number of unbranched alkanes of at least 4 members (excludes halogenated alkanes) is 2. The fourth-order valence-corrected chi connectivity index (χ4v) is 3.55. The molecule has 1 aliphatic rings. The van der Waals surface area contributed by atoms with E-state index in [0.29, 0.717) is 17.7 Å². The van der Waals surface area contributed by atoms with E-state index in [4.69, 9.17) is 0 Å². The molecule has 5 nitrogen and oxygen atoms in total. The second-order valence-electron chi connectivity index (χ2n) is 7.16. The summed E-state index contributed by atoms with van der Waals surface area (Å²) in [5.74, 6) is -1.45. The van der Waals surface area contributed by atoms with E-state index in [1.807, 2.05) is 19.1 Å². The Bertz CT molecular complexity index is 914. The number of ketones is 1. The van der Waals surface area contributed by atoms with Gasteiger partial charge in [0.15, 0.2) is 0 Å². The average Bonchev–Trinajstić information content (AvgIpc) is 2.93. The van der Waals surface area contributed by atoms with Crippen molar-refractivity contribution in [3.05, 3.63) is 70.8 Å². The molecule has 146 valence electrons. The lowest BCUT2D eigenvalue weighted by Gasteiger charge is -2.25. The van der Waals surface area contributed by atoms with Gasteiger partial charge in [0.05, 0.1) is 11.6 Å². The van der Waals surface area contributed by atoms with E-state index in [1.54, 1.807) is 24.3 Å². The van der Waals surface area contributed by atoms with Gasteiger partial charge in [0.2, 0.25) is 0 Å². The highest BCUT2D eigenvalue weighted by atomic mass is 16.3. The van der Waals surface area contributed by atoms with Gasteiger partial charge in [-0.3, -0.25) is 9.59 Å². The maximum Gasteiger partial charge on any atom is 0.295 e. The van der Waals surface area contributed by atoms with Crippen LogP contribution in [0.4, 0.5) is 0 Å². The first kappa shape index (κ1) is 19.7. The molecule has 1 aliphatic heterocycles. The lowest BCUT2D eigenvalue weighted by Crippen LogP contribution is -2.30. The van der Waals surface area contributed by atoms with Crippen LogP contribution in [0.2, 0.25) is 0 Å². The van der Waals surface area contributed by atoms with Crippen LogP contribution in [0.25, 0.3) is 5.76 Å². The fourth-order valence-electron chi connectivity index (χ4n) is 3.55. The number of aliphatic hydroxyl groups excluding tert-OH is 1. The Balaban J connectivity index is 2.12. The van der Waals surface area contributed by atoms with Gasteiger partial charge in [0.25, 0.3) is 11.7 Å². The van der Waals surface area contributed by atoms with E-state index in [-0.39, 0.29) is 17.1 Å². The van der Waals surface area contributed by atoms with Crippen LogP contribution in [-0.4, -0.2) is 33.3 Å². The van der Waals surface area contributed by atoms with E-state index in [9.17, 15) is 19.8 Å². The van der Waals surface area contributed by atoms with Crippen LogP contribution in [0, 0.1) is 6.92 Å². The molecule has 0 spiro atoms. The lowest BCUT2D eigenvalue weighted by molar-refractivity contribution is -0.139. The second kappa shape index (κ2) is 8.30. The molecule has 1 atom stereocenters. The smallest absolute Gasteiger partial charge is 0.295 e. The summed E-state index contributed by atoms with van der Waals surface area (Å²) in [6.07, 6.45) is 2.70. The predicted octanol–water partition coefficient (Wildman–Crippen LogP) is 4.31. The van der Waals surface area contributed by atoms with Crippen molar-refractivity contribution < 1.29 is 19.8 Å². The standard InChI is InChI=1S/C23H25NO4/c1-3-4-5-13-24-20(17-7-6-8-18(25)14-17)19(22(27)23(24)28)21(26)16-11-9-15(2)10-12-16/h6-12,14,20,25-26H,3-5,13H2,1-2H3/b21-19-. The number of aliphatic hydroxyl groups is 1. The van der Waals surface area contributed by atoms with Gasteiger partial charge in [-0.25, -0.2) is 0 Å². The molecule has 2 aromatic rings. The predicted molar refractivity (Wildman–Crippen MR) is 108 cm³/mol. The van der Waals surface area contributed by atoms with Crippen LogP contribution in [0.3, 0.4) is 0 Å². The Labute approximate surface area is 164 Å². The number of rotatable bonds is 6. The SMILES string of the molecule is CCCCCN1C(=O)C(=O)/C(=C(\O)c2ccc(C)cc2)C1c1cccc(O)c1. The van der Waals surface area contributed by atoms with E-state index >= 15 is 0 Å². The fraction of sp³-hybridized carbons (Fsp3) is 0.304. The maximum absolute atomic E-state index is 12.8. The van der Waals surface area contributed by atoms with Gasteiger partial charge in [0.1, 0.15) is 11.5 Å². The number of likely N-dealkylation sites (tertiary alicyclic amines) is 1. The third kappa shape index (κ3) is 3.79. The monoisotopic (exact) mass is 379 g/mol. The quantitative estimate of drug-likeness (QED) is 0.339. The number of amides is 1. The molecule has 1 fully saturated rings. The topological polar surface area (TPSA) is 77.8 Å². The summed E-state index contributed by atoms with van der Waals surface area (Å²) in [4.78, 5) is 27.1. The van der Waals surface area contributed by atoms with Crippen molar-refractivity contribution in [2.75, 3.05) is 6.54 Å². The molecular weight excluding hydrogens is 354 g/mol. The van der Waals surface area contributed by atoms with Crippen LogP contribution in [0.15, 0.2) is 54.1 Å². The number of carbonyl (C=O) groups excluding carboxylic acids is 2. The highest BCUT2D eigenvalue weighted by Crippen LogP contribution is 2.40. The number of Topliss-reactive ketones (excluding diaryl/α,β-unsaturated/α-hetero) is 1. The Morgan fingerprint density at radius 1 is 1.07 bits per heavy atom. The molecule has 1 unspecified atom stereocenters. The highest BCUT2D eigenvalue weighted by molar-refractivity contribution is 6.46. The van der Waals surface area contributed by atoms with Crippen LogP contribution in [0.1, 0.15) is 48.9 Å². The first-order valence-electron chi connectivity index (χ1n) is 9.58. The molecule has 0 bridgehead atoms. The molecular formula is C23H25NO4. The minimum Gasteiger partial charge on any atom is -0.508 e. The molecule has 2 aromatic carbocycles. The number of phenolic OH excluding ortho intramolecular Hbond substituents is 1. The average molecular weight is 379 g/mol. The Morgan fingerprint density at radius 2 is 1.79 bits per heavy atom. The third-order valence-electron chi connectivity index (χ3n) is 5.05. The first-order chi connectivity index (χ1) is 13.4. The Kier molecular flexibility index (Phi) is 5.83. The molecule has 1 heterocycles. The summed E-state index contributed by atoms with van der Waals surface area (Å²) in [7, 11) is 0. The number of nitrogens with zero attached hydrogens (tertiary/aromatic N) is 1. The van der Waals surface area contributed by atoms with Crippen molar-refractivity contribution in [2.45, 2.75) is 39.2 Å². The molecule has 3 rings (SSSR count). The van der Waals surface area contributed by atoms with Crippen LogP contribution in [-0.2, 0) is 9.59 Å². The number of benzene rings is 2. The minimum absolute atomic E-state index is 0.0481. The van der Waals surface area contributed by atoms with Gasteiger partial charge in [-0.15, -0.1) is 0 Å². The van der Waals surface area contributed by atoms with Crippen molar-refractivity contribution in [1.29, 1.82) is 0 Å². The largest absolute Gasteiger partial charge is 0.508 e. The number of aryl methyl sites for hydroxylation is 1. The van der Waals surface area contributed by atoms with E-state index < -0.39 is 17.7 Å². The summed E-state index contributed by atoms with van der Waals surface area (Å²) < 4.78 is 0. The summed E-state index contributed by atoms with van der Waals surface area (Å²) >= 11 is 0. The summed E-state index contributed by atoms with van der Waals surface area (Å²) in [5, 5.41) is 20.8. The highest BCUT2D eigenvalue weighted by Gasteiger charge is 2.45. The third-order valence-corrected chi connectivity index (χ3v) is 5.05. The Hall–Kier alpha value is -3.08. The molecule has 28 heavy (non-hydrogen) atoms. The van der Waals surface area contributed by atoms with Crippen molar-refractivity contribution in [3.8, 4) is 5.75 Å². The number of carbonyl (C=O) groups is 2. The number of aromatic hydroxyl groups is 1. The molecule has 0 aromatic heterocycles. The van der Waals surface area contributed by atoms with Crippen molar-refractivity contribution in [3.63, 3.8) is 0 Å². The normalized spacial score (nSPS) is 18.6. The van der Waals surface area contributed by atoms with Gasteiger partial charge < -0.3 is 15.1 Å². The van der Waals surface area contributed by atoms with Crippen LogP contribution < -0.4 is 0 Å². The molecule has 5 heteroatoms. The molecule has 1 amide bonds. The zero-order chi connectivity index (χ0) is 20.3. The van der Waals surface area contributed by atoms with Crippen molar-refractivity contribution >= 4 is 17.4 Å². The van der Waals surface area contributed by atoms with Crippen LogP contribution >= 0.6 is 0 Å². The maximum atomic E-state index is 12.8. The molecule has 0 aliphatic carbocycles. The van der Waals surface area contributed by atoms with E-state index in [2.05, 4.69) is 6.92 Å². The van der Waals surface area contributed by atoms with Gasteiger partial charge in [-0.1, -0.05) is 61.7 Å².